The van der Waals surface area contributed by atoms with E-state index in [1.165, 1.54) is 7.11 Å². The molecule has 1 rings (SSSR count). The Balaban J connectivity index is 2.69. The lowest BCUT2D eigenvalue weighted by Crippen LogP contribution is -2.45. The number of anilines is 1. The second kappa shape index (κ2) is 7.32. The summed E-state index contributed by atoms with van der Waals surface area (Å²) in [7, 11) is 1.35. The molecule has 8 heteroatoms. The highest BCUT2D eigenvalue weighted by Gasteiger charge is 2.20. The quantitative estimate of drug-likeness (QED) is 0.760. The maximum Gasteiger partial charge on any atom is 0.328 e. The number of amides is 2. The second-order valence-electron chi connectivity index (χ2n) is 3.55. The summed E-state index contributed by atoms with van der Waals surface area (Å²) >= 11 is 9.09. The fourth-order valence-electron chi connectivity index (χ4n) is 1.26. The monoisotopic (exact) mass is 350 g/mol. The summed E-state index contributed by atoms with van der Waals surface area (Å²) in [5, 5.41) is 14.1. The van der Waals surface area contributed by atoms with E-state index in [0.29, 0.717) is 15.2 Å². The van der Waals surface area contributed by atoms with Crippen molar-refractivity contribution < 1.29 is 19.4 Å². The van der Waals surface area contributed by atoms with Crippen LogP contribution in [-0.2, 0) is 9.53 Å². The summed E-state index contributed by atoms with van der Waals surface area (Å²) in [6, 6.07) is 3.16. The molecule has 0 saturated heterocycles. The SMILES string of the molecule is COCC(NC(=O)Nc1cccc(Cl)c1Br)C(=O)O. The Kier molecular flexibility index (Phi) is 6.07. The predicted octanol–water partition coefficient (Wildman–Crippen LogP) is 2.32. The number of rotatable bonds is 5. The van der Waals surface area contributed by atoms with Gasteiger partial charge in [-0.2, -0.15) is 0 Å². The summed E-state index contributed by atoms with van der Waals surface area (Å²) in [6.07, 6.45) is 0. The molecule has 0 aromatic heterocycles. The van der Waals surface area contributed by atoms with E-state index in [0.717, 1.165) is 0 Å². The molecular formula is C11H12BrClN2O4. The van der Waals surface area contributed by atoms with Crippen LogP contribution in [0.3, 0.4) is 0 Å². The number of nitrogens with one attached hydrogen (secondary N) is 2. The molecular weight excluding hydrogens is 339 g/mol. The van der Waals surface area contributed by atoms with E-state index < -0.39 is 18.0 Å². The van der Waals surface area contributed by atoms with Gasteiger partial charge in [-0.25, -0.2) is 9.59 Å². The summed E-state index contributed by atoms with van der Waals surface area (Å²) in [4.78, 5) is 22.5. The first-order valence-electron chi connectivity index (χ1n) is 5.19. The molecule has 1 aromatic carbocycles. The van der Waals surface area contributed by atoms with Gasteiger partial charge in [0.25, 0.3) is 0 Å². The Bertz CT molecular complexity index is 484. The number of hydrogen-bond donors (Lipinski definition) is 3. The molecule has 0 saturated carbocycles. The van der Waals surface area contributed by atoms with Gasteiger partial charge >= 0.3 is 12.0 Å². The number of aliphatic carboxylic acids is 1. The lowest BCUT2D eigenvalue weighted by molar-refractivity contribution is -0.140. The lowest BCUT2D eigenvalue weighted by atomic mass is 10.3. The largest absolute Gasteiger partial charge is 0.480 e. The van der Waals surface area contributed by atoms with Gasteiger partial charge in [-0.15, -0.1) is 0 Å². The first-order valence-corrected chi connectivity index (χ1v) is 6.36. The van der Waals surface area contributed by atoms with Crippen molar-refractivity contribution in [1.82, 2.24) is 5.32 Å². The average Bonchev–Trinajstić information content (AvgIpc) is 2.34. The molecule has 0 fully saturated rings. The van der Waals surface area contributed by atoms with Crippen LogP contribution >= 0.6 is 27.5 Å². The normalized spacial score (nSPS) is 11.7. The molecule has 2 amide bonds. The van der Waals surface area contributed by atoms with Crippen molar-refractivity contribution in [2.75, 3.05) is 19.0 Å². The van der Waals surface area contributed by atoms with Crippen LogP contribution in [0.4, 0.5) is 10.5 Å². The number of carbonyl (C=O) groups excluding carboxylic acids is 1. The van der Waals surface area contributed by atoms with E-state index in [9.17, 15) is 9.59 Å². The van der Waals surface area contributed by atoms with Crippen LogP contribution in [0.15, 0.2) is 22.7 Å². The van der Waals surface area contributed by atoms with Gasteiger partial charge in [0.05, 0.1) is 21.8 Å². The maximum atomic E-state index is 11.7. The van der Waals surface area contributed by atoms with E-state index >= 15 is 0 Å². The fraction of sp³-hybridized carbons (Fsp3) is 0.273. The molecule has 6 nitrogen and oxygen atoms in total. The van der Waals surface area contributed by atoms with E-state index in [1.54, 1.807) is 18.2 Å². The Morgan fingerprint density at radius 2 is 2.21 bits per heavy atom. The van der Waals surface area contributed by atoms with Gasteiger partial charge in [-0.1, -0.05) is 17.7 Å². The molecule has 0 bridgehead atoms. The van der Waals surface area contributed by atoms with Gasteiger partial charge in [0.1, 0.15) is 0 Å². The zero-order chi connectivity index (χ0) is 14.4. The maximum absolute atomic E-state index is 11.7. The van der Waals surface area contributed by atoms with Crippen LogP contribution in [0, 0.1) is 0 Å². The van der Waals surface area contributed by atoms with Crippen LogP contribution in [0.2, 0.25) is 5.02 Å². The van der Waals surface area contributed by atoms with E-state index in [2.05, 4.69) is 26.6 Å². The van der Waals surface area contributed by atoms with Crippen molar-refractivity contribution in [2.24, 2.45) is 0 Å². The van der Waals surface area contributed by atoms with Crippen LogP contribution in [-0.4, -0.2) is 36.9 Å². The zero-order valence-electron chi connectivity index (χ0n) is 9.94. The minimum Gasteiger partial charge on any atom is -0.480 e. The van der Waals surface area contributed by atoms with Gasteiger partial charge in [0.15, 0.2) is 6.04 Å². The van der Waals surface area contributed by atoms with Crippen molar-refractivity contribution in [3.05, 3.63) is 27.7 Å². The van der Waals surface area contributed by atoms with Crippen molar-refractivity contribution >= 4 is 45.2 Å². The van der Waals surface area contributed by atoms with Gasteiger partial charge < -0.3 is 20.5 Å². The molecule has 0 aliphatic heterocycles. The number of carbonyl (C=O) groups is 2. The highest BCUT2D eigenvalue weighted by atomic mass is 79.9. The van der Waals surface area contributed by atoms with Crippen LogP contribution in [0.1, 0.15) is 0 Å². The highest BCUT2D eigenvalue weighted by molar-refractivity contribution is 9.10. The molecule has 19 heavy (non-hydrogen) atoms. The lowest BCUT2D eigenvalue weighted by Gasteiger charge is -2.15. The molecule has 1 atom stereocenters. The Morgan fingerprint density at radius 3 is 2.79 bits per heavy atom. The average molecular weight is 352 g/mol. The van der Waals surface area contributed by atoms with Gasteiger partial charge in [0, 0.05) is 7.11 Å². The van der Waals surface area contributed by atoms with Crippen LogP contribution < -0.4 is 10.6 Å². The number of methoxy groups -OCH3 is 1. The minimum absolute atomic E-state index is 0.126. The van der Waals surface area contributed by atoms with E-state index in [1.807, 2.05) is 0 Å². The summed E-state index contributed by atoms with van der Waals surface area (Å²) in [5.74, 6) is -1.18. The Hall–Kier alpha value is -1.31. The van der Waals surface area contributed by atoms with Gasteiger partial charge in [0.2, 0.25) is 0 Å². The molecule has 0 heterocycles. The Labute approximate surface area is 123 Å². The van der Waals surface area contributed by atoms with Crippen molar-refractivity contribution in [3.8, 4) is 0 Å². The first kappa shape index (κ1) is 15.7. The number of carboxylic acids is 1. The number of urea groups is 1. The fourth-order valence-corrected chi connectivity index (χ4v) is 1.80. The molecule has 3 N–H and O–H groups in total. The summed E-state index contributed by atoms with van der Waals surface area (Å²) in [6.45, 7) is -0.126. The third-order valence-corrected chi connectivity index (χ3v) is 3.53. The molecule has 0 aliphatic carbocycles. The molecule has 0 spiro atoms. The molecule has 104 valence electrons. The van der Waals surface area contributed by atoms with Crippen molar-refractivity contribution in [3.63, 3.8) is 0 Å². The molecule has 0 radical (unpaired) electrons. The molecule has 1 unspecified atom stereocenters. The van der Waals surface area contributed by atoms with Gasteiger partial charge in [-0.05, 0) is 28.1 Å². The summed E-state index contributed by atoms with van der Waals surface area (Å²) in [5.41, 5.74) is 0.437. The van der Waals surface area contributed by atoms with Crippen molar-refractivity contribution in [2.45, 2.75) is 6.04 Å². The van der Waals surface area contributed by atoms with Crippen LogP contribution in [0.25, 0.3) is 0 Å². The summed E-state index contributed by atoms with van der Waals surface area (Å²) < 4.78 is 5.22. The number of ether oxygens (including phenoxy) is 1. The van der Waals surface area contributed by atoms with E-state index in [4.69, 9.17) is 21.4 Å². The van der Waals surface area contributed by atoms with Gasteiger partial charge in [-0.3, -0.25) is 0 Å². The smallest absolute Gasteiger partial charge is 0.328 e. The number of halogens is 2. The first-order chi connectivity index (χ1) is 8.95. The zero-order valence-corrected chi connectivity index (χ0v) is 12.3. The second-order valence-corrected chi connectivity index (χ2v) is 4.75. The Morgan fingerprint density at radius 1 is 1.53 bits per heavy atom. The molecule has 1 aromatic rings. The number of benzene rings is 1. The predicted molar refractivity (Wildman–Crippen MR) is 74.6 cm³/mol. The number of carboxylic acid groups (broad SMARTS) is 1. The van der Waals surface area contributed by atoms with Crippen LogP contribution in [0.5, 0.6) is 0 Å². The highest BCUT2D eigenvalue weighted by Crippen LogP contribution is 2.29. The third kappa shape index (κ3) is 4.70. The number of hydrogen-bond acceptors (Lipinski definition) is 3. The third-order valence-electron chi connectivity index (χ3n) is 2.14. The standard InChI is InChI=1S/C11H12BrClN2O4/c1-19-5-8(10(16)17)15-11(18)14-7-4-2-3-6(13)9(7)12/h2-4,8H,5H2,1H3,(H,16,17)(H2,14,15,18). The van der Waals surface area contributed by atoms with Crippen molar-refractivity contribution in [1.29, 1.82) is 0 Å². The molecule has 0 aliphatic rings. The minimum atomic E-state index is -1.18. The topological polar surface area (TPSA) is 87.7 Å². The van der Waals surface area contributed by atoms with E-state index in [-0.39, 0.29) is 6.61 Å².